The van der Waals surface area contributed by atoms with E-state index in [4.69, 9.17) is 16.3 Å². The number of thioether (sulfide) groups is 1. The first-order valence-corrected chi connectivity index (χ1v) is 8.13. The zero-order valence-electron chi connectivity index (χ0n) is 11.6. The molecule has 1 aliphatic rings. The Bertz CT molecular complexity index is 624. The van der Waals surface area contributed by atoms with Crippen molar-refractivity contribution < 1.29 is 4.74 Å². The molecular weight excluding hydrogens is 296 g/mol. The van der Waals surface area contributed by atoms with Crippen molar-refractivity contribution in [3.8, 4) is 5.88 Å². The maximum absolute atomic E-state index is 6.05. The minimum absolute atomic E-state index is 0.229. The lowest BCUT2D eigenvalue weighted by molar-refractivity contribution is 0.401. The van der Waals surface area contributed by atoms with Gasteiger partial charge in [-0.15, -0.1) is 11.6 Å². The van der Waals surface area contributed by atoms with E-state index in [0.29, 0.717) is 17.3 Å². The summed E-state index contributed by atoms with van der Waals surface area (Å²) >= 11 is 8.07. The maximum Gasteiger partial charge on any atom is 0.245 e. The molecule has 0 amide bonds. The van der Waals surface area contributed by atoms with Crippen molar-refractivity contribution in [1.29, 1.82) is 0 Å². The number of methoxy groups -OCH3 is 1. The van der Waals surface area contributed by atoms with Gasteiger partial charge in [-0.3, -0.25) is 0 Å². The zero-order chi connectivity index (χ0) is 14.2. The number of ether oxygens (including phenoxy) is 1. The Morgan fingerprint density at radius 1 is 1.50 bits per heavy atom. The topological polar surface area (TPSA) is 52.8 Å². The van der Waals surface area contributed by atoms with E-state index in [1.807, 2.05) is 11.8 Å². The highest BCUT2D eigenvalue weighted by Crippen LogP contribution is 2.40. The van der Waals surface area contributed by atoms with Crippen molar-refractivity contribution in [3.05, 3.63) is 12.2 Å². The molecule has 1 unspecified atom stereocenters. The van der Waals surface area contributed by atoms with E-state index < -0.39 is 0 Å². The monoisotopic (exact) mass is 312 g/mol. The molecule has 7 heteroatoms. The van der Waals surface area contributed by atoms with Crippen molar-refractivity contribution in [2.75, 3.05) is 12.9 Å². The molecule has 108 valence electrons. The van der Waals surface area contributed by atoms with Crippen LogP contribution in [0.1, 0.15) is 25.6 Å². The van der Waals surface area contributed by atoms with Gasteiger partial charge in [-0.25, -0.2) is 9.97 Å². The van der Waals surface area contributed by atoms with Crippen LogP contribution in [0.15, 0.2) is 6.33 Å². The number of nitrogens with zero attached hydrogens (tertiary/aromatic N) is 4. The molecule has 20 heavy (non-hydrogen) atoms. The van der Waals surface area contributed by atoms with Gasteiger partial charge in [0.05, 0.1) is 13.0 Å². The Morgan fingerprint density at radius 2 is 2.35 bits per heavy atom. The number of rotatable bonds is 4. The minimum atomic E-state index is 0.229. The summed E-state index contributed by atoms with van der Waals surface area (Å²) in [5.74, 6) is 2.91. The Labute approximate surface area is 127 Å². The number of aromatic nitrogens is 4. The SMILES string of the molecule is COc1ncnc2c1nc(CCl)n2CC1(C)CCCS1. The molecule has 0 N–H and O–H groups in total. The van der Waals surface area contributed by atoms with Crippen LogP contribution in [-0.4, -0.2) is 37.1 Å². The Morgan fingerprint density at radius 3 is 3.00 bits per heavy atom. The van der Waals surface area contributed by atoms with Gasteiger partial charge < -0.3 is 9.30 Å². The zero-order valence-corrected chi connectivity index (χ0v) is 13.2. The molecule has 3 rings (SSSR count). The molecule has 1 fully saturated rings. The molecule has 0 bridgehead atoms. The Kier molecular flexibility index (Phi) is 3.77. The summed E-state index contributed by atoms with van der Waals surface area (Å²) in [5.41, 5.74) is 1.50. The van der Waals surface area contributed by atoms with E-state index in [0.717, 1.165) is 18.0 Å². The summed E-state index contributed by atoms with van der Waals surface area (Å²) in [4.78, 5) is 13.0. The highest BCUT2D eigenvalue weighted by atomic mass is 35.5. The van der Waals surface area contributed by atoms with Crippen LogP contribution in [0.25, 0.3) is 11.2 Å². The molecular formula is C13H17ClN4OS. The lowest BCUT2D eigenvalue weighted by atomic mass is 10.1. The van der Waals surface area contributed by atoms with Gasteiger partial charge in [0.1, 0.15) is 12.2 Å². The van der Waals surface area contributed by atoms with Crippen LogP contribution >= 0.6 is 23.4 Å². The average Bonchev–Trinajstić information content (AvgIpc) is 3.03. The van der Waals surface area contributed by atoms with Crippen molar-refractivity contribution >= 4 is 34.5 Å². The van der Waals surface area contributed by atoms with Crippen molar-refractivity contribution in [3.63, 3.8) is 0 Å². The fraction of sp³-hybridized carbons (Fsp3) is 0.615. The predicted octanol–water partition coefficient (Wildman–Crippen LogP) is 2.86. The molecule has 5 nitrogen and oxygen atoms in total. The summed E-state index contributed by atoms with van der Waals surface area (Å²) in [6.07, 6.45) is 3.99. The van der Waals surface area contributed by atoms with E-state index in [2.05, 4.69) is 26.4 Å². The third-order valence-corrected chi connectivity index (χ3v) is 5.45. The first-order valence-electron chi connectivity index (χ1n) is 6.61. The second-order valence-electron chi connectivity index (χ2n) is 5.20. The molecule has 0 saturated carbocycles. The standard InChI is InChI=1S/C13H17ClN4OS/c1-13(4-3-5-20-13)7-18-9(6-14)17-10-11(18)15-8-16-12(10)19-2/h8H,3-7H2,1-2H3. The molecule has 2 aromatic heterocycles. The van der Waals surface area contributed by atoms with E-state index >= 15 is 0 Å². The van der Waals surface area contributed by atoms with Gasteiger partial charge >= 0.3 is 0 Å². The molecule has 0 spiro atoms. The third kappa shape index (κ3) is 2.35. The number of fused-ring (bicyclic) bond motifs is 1. The van der Waals surface area contributed by atoms with Gasteiger partial charge in [0, 0.05) is 11.3 Å². The number of hydrogen-bond acceptors (Lipinski definition) is 5. The number of alkyl halides is 1. The molecule has 1 atom stereocenters. The quantitative estimate of drug-likeness (QED) is 0.813. The molecule has 1 saturated heterocycles. The molecule has 0 aliphatic carbocycles. The molecule has 2 aromatic rings. The Balaban J connectivity index is 2.08. The highest BCUT2D eigenvalue weighted by Gasteiger charge is 2.31. The highest BCUT2D eigenvalue weighted by molar-refractivity contribution is 8.00. The van der Waals surface area contributed by atoms with Crippen LogP contribution in [0.5, 0.6) is 5.88 Å². The van der Waals surface area contributed by atoms with E-state index in [9.17, 15) is 0 Å². The summed E-state index contributed by atoms with van der Waals surface area (Å²) < 4.78 is 7.60. The van der Waals surface area contributed by atoms with Gasteiger partial charge in [0.25, 0.3) is 0 Å². The summed E-state index contributed by atoms with van der Waals surface area (Å²) in [5, 5.41) is 0. The minimum Gasteiger partial charge on any atom is -0.479 e. The summed E-state index contributed by atoms with van der Waals surface area (Å²) in [6.45, 7) is 3.17. The number of imidazole rings is 1. The summed E-state index contributed by atoms with van der Waals surface area (Å²) in [7, 11) is 1.59. The normalized spacial score (nSPS) is 22.6. The first kappa shape index (κ1) is 13.9. The smallest absolute Gasteiger partial charge is 0.245 e. The van der Waals surface area contributed by atoms with Crippen molar-refractivity contribution in [2.24, 2.45) is 0 Å². The van der Waals surface area contributed by atoms with Crippen LogP contribution in [0.4, 0.5) is 0 Å². The first-order chi connectivity index (χ1) is 9.67. The predicted molar refractivity (Wildman–Crippen MR) is 81.5 cm³/mol. The molecule has 3 heterocycles. The van der Waals surface area contributed by atoms with Crippen molar-refractivity contribution in [2.45, 2.75) is 36.9 Å². The lowest BCUT2D eigenvalue weighted by Gasteiger charge is -2.24. The van der Waals surface area contributed by atoms with Crippen LogP contribution in [-0.2, 0) is 12.4 Å². The van der Waals surface area contributed by atoms with Crippen LogP contribution in [0.2, 0.25) is 0 Å². The average molecular weight is 313 g/mol. The van der Waals surface area contributed by atoms with Crippen LogP contribution in [0, 0.1) is 0 Å². The van der Waals surface area contributed by atoms with Gasteiger partial charge in [-0.05, 0) is 25.5 Å². The van der Waals surface area contributed by atoms with Gasteiger partial charge in [0.2, 0.25) is 5.88 Å². The van der Waals surface area contributed by atoms with E-state index in [1.165, 1.54) is 24.9 Å². The summed E-state index contributed by atoms with van der Waals surface area (Å²) in [6, 6.07) is 0. The lowest BCUT2D eigenvalue weighted by Crippen LogP contribution is -2.24. The number of hydrogen-bond donors (Lipinski definition) is 0. The second-order valence-corrected chi connectivity index (χ2v) is 7.15. The van der Waals surface area contributed by atoms with Gasteiger partial charge in [0.15, 0.2) is 11.2 Å². The number of halogens is 1. The molecule has 0 radical (unpaired) electrons. The Hall–Kier alpha value is -1.01. The third-order valence-electron chi connectivity index (χ3n) is 3.68. The van der Waals surface area contributed by atoms with E-state index in [-0.39, 0.29) is 4.75 Å². The van der Waals surface area contributed by atoms with Crippen LogP contribution in [0.3, 0.4) is 0 Å². The van der Waals surface area contributed by atoms with E-state index in [1.54, 1.807) is 7.11 Å². The fourth-order valence-electron chi connectivity index (χ4n) is 2.67. The maximum atomic E-state index is 6.05. The molecule has 0 aromatic carbocycles. The van der Waals surface area contributed by atoms with Gasteiger partial charge in [-0.2, -0.15) is 16.7 Å². The second kappa shape index (κ2) is 5.41. The van der Waals surface area contributed by atoms with Crippen molar-refractivity contribution in [1.82, 2.24) is 19.5 Å². The van der Waals surface area contributed by atoms with Gasteiger partial charge in [-0.1, -0.05) is 0 Å². The largest absolute Gasteiger partial charge is 0.479 e. The molecule has 1 aliphatic heterocycles. The fourth-order valence-corrected chi connectivity index (χ4v) is 4.17. The van der Waals surface area contributed by atoms with Crippen LogP contribution < -0.4 is 4.74 Å².